The molecule has 5 nitrogen and oxygen atoms in total. The molecule has 1 saturated heterocycles. The van der Waals surface area contributed by atoms with Gasteiger partial charge in [0.1, 0.15) is 0 Å². The van der Waals surface area contributed by atoms with Gasteiger partial charge in [-0.25, -0.2) is 0 Å². The molecule has 0 radical (unpaired) electrons. The summed E-state index contributed by atoms with van der Waals surface area (Å²) >= 11 is 6.02. The summed E-state index contributed by atoms with van der Waals surface area (Å²) in [6.07, 6.45) is 0.732. The number of methoxy groups -OCH3 is 1. The van der Waals surface area contributed by atoms with Crippen LogP contribution in [0.5, 0.6) is 0 Å². The highest BCUT2D eigenvalue weighted by molar-refractivity contribution is 6.31. The molecule has 1 N–H and O–H groups in total. The fourth-order valence-electron chi connectivity index (χ4n) is 2.41. The maximum atomic E-state index is 12.0. The van der Waals surface area contributed by atoms with Gasteiger partial charge >= 0.3 is 5.97 Å². The van der Waals surface area contributed by atoms with Gasteiger partial charge < -0.3 is 10.1 Å². The van der Waals surface area contributed by atoms with Crippen LogP contribution in [0.4, 0.5) is 5.69 Å². The van der Waals surface area contributed by atoms with Crippen LogP contribution < -0.4 is 5.32 Å². The Balaban J connectivity index is 1.85. The standard InChI is InChI=1S/C15H19ClN2O3/c1-10-3-4-12(7-13(10)16)17-14(19)9-18-6-5-11(8-18)15(20)21-2/h3-4,7,11H,5-6,8-9H2,1-2H3,(H,17,19). The van der Waals surface area contributed by atoms with Crippen molar-refractivity contribution in [2.24, 2.45) is 5.92 Å². The van der Waals surface area contributed by atoms with E-state index in [-0.39, 0.29) is 24.3 Å². The van der Waals surface area contributed by atoms with Gasteiger partial charge in [0.25, 0.3) is 0 Å². The Morgan fingerprint density at radius 2 is 2.24 bits per heavy atom. The summed E-state index contributed by atoms with van der Waals surface area (Å²) in [7, 11) is 1.39. The number of anilines is 1. The van der Waals surface area contributed by atoms with Crippen molar-refractivity contribution in [3.63, 3.8) is 0 Å². The predicted octanol–water partition coefficient (Wildman–Crippen LogP) is 2.08. The van der Waals surface area contributed by atoms with Gasteiger partial charge in [-0.3, -0.25) is 14.5 Å². The van der Waals surface area contributed by atoms with Gasteiger partial charge in [-0.2, -0.15) is 0 Å². The molecule has 1 fully saturated rings. The molecule has 1 atom stereocenters. The van der Waals surface area contributed by atoms with Crippen molar-refractivity contribution in [1.82, 2.24) is 4.90 Å². The lowest BCUT2D eigenvalue weighted by atomic mass is 10.1. The fraction of sp³-hybridized carbons (Fsp3) is 0.467. The monoisotopic (exact) mass is 310 g/mol. The van der Waals surface area contributed by atoms with Gasteiger partial charge in [0.05, 0.1) is 19.6 Å². The van der Waals surface area contributed by atoms with E-state index in [9.17, 15) is 9.59 Å². The predicted molar refractivity (Wildman–Crippen MR) is 81.4 cm³/mol. The largest absolute Gasteiger partial charge is 0.469 e. The first-order chi connectivity index (χ1) is 9.99. The lowest BCUT2D eigenvalue weighted by Gasteiger charge is -2.15. The first kappa shape index (κ1) is 15.8. The summed E-state index contributed by atoms with van der Waals surface area (Å²) < 4.78 is 4.73. The molecule has 1 unspecified atom stereocenters. The molecule has 1 amide bonds. The number of hydrogen-bond donors (Lipinski definition) is 1. The average molecular weight is 311 g/mol. The number of rotatable bonds is 4. The van der Waals surface area contributed by atoms with E-state index in [4.69, 9.17) is 16.3 Å². The van der Waals surface area contributed by atoms with E-state index in [1.807, 2.05) is 24.0 Å². The summed E-state index contributed by atoms with van der Waals surface area (Å²) in [5.74, 6) is -0.444. The minimum Gasteiger partial charge on any atom is -0.469 e. The van der Waals surface area contributed by atoms with E-state index >= 15 is 0 Å². The molecule has 0 saturated carbocycles. The van der Waals surface area contributed by atoms with Crippen molar-refractivity contribution in [2.75, 3.05) is 32.1 Å². The first-order valence-electron chi connectivity index (χ1n) is 6.86. The van der Waals surface area contributed by atoms with Gasteiger partial charge in [0, 0.05) is 17.3 Å². The maximum Gasteiger partial charge on any atom is 0.310 e. The van der Waals surface area contributed by atoms with Crippen molar-refractivity contribution in [2.45, 2.75) is 13.3 Å². The van der Waals surface area contributed by atoms with E-state index in [0.717, 1.165) is 18.5 Å². The second kappa shape index (κ2) is 6.91. The zero-order valence-corrected chi connectivity index (χ0v) is 12.9. The Labute approximate surface area is 129 Å². The van der Waals surface area contributed by atoms with Gasteiger partial charge in [-0.15, -0.1) is 0 Å². The van der Waals surface area contributed by atoms with Gasteiger partial charge in [0.15, 0.2) is 0 Å². The molecule has 1 aromatic rings. The van der Waals surface area contributed by atoms with E-state index in [0.29, 0.717) is 17.3 Å². The van der Waals surface area contributed by atoms with E-state index in [1.54, 1.807) is 6.07 Å². The minimum absolute atomic E-state index is 0.111. The number of amides is 1. The number of esters is 1. The molecular formula is C15H19ClN2O3. The third kappa shape index (κ3) is 4.19. The van der Waals surface area contributed by atoms with Crippen LogP contribution in [0.2, 0.25) is 5.02 Å². The zero-order chi connectivity index (χ0) is 15.4. The molecule has 2 rings (SSSR count). The summed E-state index contributed by atoms with van der Waals surface area (Å²) in [6, 6.07) is 5.41. The molecule has 21 heavy (non-hydrogen) atoms. The molecule has 1 aliphatic heterocycles. The topological polar surface area (TPSA) is 58.6 Å². The number of hydrogen-bond acceptors (Lipinski definition) is 4. The molecule has 0 spiro atoms. The number of aryl methyl sites for hydroxylation is 1. The van der Waals surface area contributed by atoms with Crippen molar-refractivity contribution in [1.29, 1.82) is 0 Å². The zero-order valence-electron chi connectivity index (χ0n) is 12.2. The number of nitrogens with one attached hydrogen (secondary N) is 1. The number of carbonyl (C=O) groups excluding carboxylic acids is 2. The number of halogens is 1. The summed E-state index contributed by atoms with van der Waals surface area (Å²) in [4.78, 5) is 25.4. The molecule has 6 heteroatoms. The number of likely N-dealkylation sites (tertiary alicyclic amines) is 1. The van der Waals surface area contributed by atoms with E-state index in [2.05, 4.69) is 5.32 Å². The Hall–Kier alpha value is -1.59. The number of nitrogens with zero attached hydrogens (tertiary/aromatic N) is 1. The second-order valence-corrected chi connectivity index (χ2v) is 5.66. The smallest absolute Gasteiger partial charge is 0.310 e. The van der Waals surface area contributed by atoms with E-state index < -0.39 is 0 Å². The molecular weight excluding hydrogens is 292 g/mol. The summed E-state index contributed by atoms with van der Waals surface area (Å²) in [6.45, 7) is 3.46. The third-order valence-corrected chi connectivity index (χ3v) is 4.04. The van der Waals surface area contributed by atoms with Crippen LogP contribution in [0.1, 0.15) is 12.0 Å². The Bertz CT molecular complexity index is 548. The van der Waals surface area contributed by atoms with Crippen LogP contribution in [-0.4, -0.2) is 43.5 Å². The van der Waals surface area contributed by atoms with Crippen LogP contribution in [-0.2, 0) is 14.3 Å². The normalized spacial score (nSPS) is 18.5. The highest BCUT2D eigenvalue weighted by Gasteiger charge is 2.29. The number of carbonyl (C=O) groups is 2. The van der Waals surface area contributed by atoms with Gasteiger partial charge in [-0.1, -0.05) is 17.7 Å². The van der Waals surface area contributed by atoms with Crippen molar-refractivity contribution in [3.8, 4) is 0 Å². The van der Waals surface area contributed by atoms with Crippen molar-refractivity contribution >= 4 is 29.2 Å². The molecule has 1 aromatic carbocycles. The summed E-state index contributed by atoms with van der Waals surface area (Å²) in [5.41, 5.74) is 1.65. The number of benzene rings is 1. The van der Waals surface area contributed by atoms with Crippen LogP contribution in [0.3, 0.4) is 0 Å². The molecule has 114 valence electrons. The van der Waals surface area contributed by atoms with Gasteiger partial charge in [0.2, 0.25) is 5.91 Å². The quantitative estimate of drug-likeness (QED) is 0.865. The van der Waals surface area contributed by atoms with Crippen LogP contribution in [0.25, 0.3) is 0 Å². The van der Waals surface area contributed by atoms with Crippen LogP contribution in [0, 0.1) is 12.8 Å². The van der Waals surface area contributed by atoms with Crippen molar-refractivity contribution < 1.29 is 14.3 Å². The fourth-order valence-corrected chi connectivity index (χ4v) is 2.59. The Morgan fingerprint density at radius 1 is 1.48 bits per heavy atom. The minimum atomic E-state index is -0.205. The highest BCUT2D eigenvalue weighted by Crippen LogP contribution is 2.20. The molecule has 1 aliphatic rings. The Morgan fingerprint density at radius 3 is 2.90 bits per heavy atom. The lowest BCUT2D eigenvalue weighted by Crippen LogP contribution is -2.32. The Kier molecular flexibility index (Phi) is 5.20. The number of ether oxygens (including phenoxy) is 1. The van der Waals surface area contributed by atoms with Crippen molar-refractivity contribution in [3.05, 3.63) is 28.8 Å². The van der Waals surface area contributed by atoms with Crippen LogP contribution in [0.15, 0.2) is 18.2 Å². The second-order valence-electron chi connectivity index (χ2n) is 5.26. The molecule has 0 bridgehead atoms. The maximum absolute atomic E-state index is 12.0. The summed E-state index contributed by atoms with van der Waals surface area (Å²) in [5, 5.41) is 3.44. The molecule has 1 heterocycles. The lowest BCUT2D eigenvalue weighted by molar-refractivity contribution is -0.145. The van der Waals surface area contributed by atoms with E-state index in [1.165, 1.54) is 7.11 Å². The molecule has 0 aromatic heterocycles. The molecule has 0 aliphatic carbocycles. The highest BCUT2D eigenvalue weighted by atomic mass is 35.5. The SMILES string of the molecule is COC(=O)C1CCN(CC(=O)Nc2ccc(C)c(Cl)c2)C1. The first-order valence-corrected chi connectivity index (χ1v) is 7.23. The third-order valence-electron chi connectivity index (χ3n) is 3.63. The van der Waals surface area contributed by atoms with Crippen LogP contribution >= 0.6 is 11.6 Å². The van der Waals surface area contributed by atoms with Gasteiger partial charge in [-0.05, 0) is 37.6 Å². The average Bonchev–Trinajstić information content (AvgIpc) is 2.90.